The lowest BCUT2D eigenvalue weighted by atomic mass is 10.2. The lowest BCUT2D eigenvalue weighted by Crippen LogP contribution is -2.10. The molecule has 3 rings (SSSR count). The van der Waals surface area contributed by atoms with Crippen molar-refractivity contribution in [3.05, 3.63) is 71.3 Å². The van der Waals surface area contributed by atoms with Gasteiger partial charge in [-0.3, -0.25) is 9.78 Å². The zero-order chi connectivity index (χ0) is 15.5. The van der Waals surface area contributed by atoms with E-state index >= 15 is 0 Å². The molecule has 2 N–H and O–H groups in total. The summed E-state index contributed by atoms with van der Waals surface area (Å²) in [5.41, 5.74) is 8.07. The van der Waals surface area contributed by atoms with Crippen molar-refractivity contribution in [3.8, 4) is 11.4 Å². The third-order valence-corrected chi connectivity index (χ3v) is 3.43. The molecule has 1 aromatic carbocycles. The third kappa shape index (κ3) is 3.15. The monoisotopic (exact) mass is 312 g/mol. The zero-order valence-electron chi connectivity index (χ0n) is 11.6. The number of primary amides is 1. The van der Waals surface area contributed by atoms with E-state index in [4.69, 9.17) is 17.3 Å². The number of nitrogens with two attached hydrogens (primary N) is 1. The summed E-state index contributed by atoms with van der Waals surface area (Å²) in [6.07, 6.45) is 5.13. The van der Waals surface area contributed by atoms with Gasteiger partial charge in [0.1, 0.15) is 5.69 Å². The van der Waals surface area contributed by atoms with Crippen LogP contribution >= 0.6 is 11.6 Å². The molecule has 0 aliphatic heterocycles. The van der Waals surface area contributed by atoms with Gasteiger partial charge in [-0.1, -0.05) is 23.7 Å². The summed E-state index contributed by atoms with van der Waals surface area (Å²) in [5, 5.41) is 0.702. The van der Waals surface area contributed by atoms with E-state index in [0.29, 0.717) is 28.5 Å². The Labute approximate surface area is 132 Å². The molecule has 110 valence electrons. The van der Waals surface area contributed by atoms with Gasteiger partial charge in [0.25, 0.3) is 0 Å². The fraction of sp³-hybridized carbons (Fsp3) is 0.0625. The number of carbonyl (C=O) groups is 1. The molecule has 0 saturated carbocycles. The molecule has 0 aliphatic carbocycles. The summed E-state index contributed by atoms with van der Waals surface area (Å²) in [6, 6.07) is 10.9. The minimum Gasteiger partial charge on any atom is -0.366 e. The molecule has 6 heteroatoms. The fourth-order valence-corrected chi connectivity index (χ4v) is 2.36. The van der Waals surface area contributed by atoms with E-state index in [1.54, 1.807) is 24.7 Å². The first-order valence-electron chi connectivity index (χ1n) is 6.64. The Kier molecular flexibility index (Phi) is 3.89. The Hall–Kier alpha value is -2.66. The number of rotatable bonds is 4. The summed E-state index contributed by atoms with van der Waals surface area (Å²) in [6.45, 7) is 0.656. The normalized spacial score (nSPS) is 10.6. The van der Waals surface area contributed by atoms with E-state index in [1.165, 1.54) is 0 Å². The van der Waals surface area contributed by atoms with Gasteiger partial charge in [0, 0.05) is 29.5 Å². The van der Waals surface area contributed by atoms with Crippen LogP contribution in [0.2, 0.25) is 5.02 Å². The molecule has 2 heterocycles. The highest BCUT2D eigenvalue weighted by Crippen LogP contribution is 2.17. The van der Waals surface area contributed by atoms with Crippen LogP contribution in [0.25, 0.3) is 11.4 Å². The lowest BCUT2D eigenvalue weighted by molar-refractivity contribution is 0.1000. The maximum atomic E-state index is 11.2. The van der Waals surface area contributed by atoms with Gasteiger partial charge < -0.3 is 10.3 Å². The number of benzene rings is 1. The van der Waals surface area contributed by atoms with Crippen molar-refractivity contribution >= 4 is 17.5 Å². The van der Waals surface area contributed by atoms with Crippen LogP contribution < -0.4 is 5.73 Å². The second kappa shape index (κ2) is 5.99. The largest absolute Gasteiger partial charge is 0.366 e. The number of imidazole rings is 1. The fourth-order valence-electron chi connectivity index (χ4n) is 2.15. The Morgan fingerprint density at radius 2 is 2.05 bits per heavy atom. The minimum atomic E-state index is -0.484. The number of hydrogen-bond acceptors (Lipinski definition) is 3. The summed E-state index contributed by atoms with van der Waals surface area (Å²) in [4.78, 5) is 19.8. The van der Waals surface area contributed by atoms with Crippen LogP contribution in [0.4, 0.5) is 0 Å². The molecule has 0 fully saturated rings. The Morgan fingerprint density at radius 1 is 1.18 bits per heavy atom. The van der Waals surface area contributed by atoms with Crippen molar-refractivity contribution in [1.29, 1.82) is 0 Å². The molecule has 5 nitrogen and oxygen atoms in total. The molecule has 0 aliphatic rings. The van der Waals surface area contributed by atoms with Crippen LogP contribution in [0.5, 0.6) is 0 Å². The molecule has 0 spiro atoms. The minimum absolute atomic E-state index is 0.411. The van der Waals surface area contributed by atoms with E-state index in [1.807, 2.05) is 35.0 Å². The average Bonchev–Trinajstić information content (AvgIpc) is 2.96. The maximum Gasteiger partial charge on any atom is 0.248 e. The summed E-state index contributed by atoms with van der Waals surface area (Å²) < 4.78 is 1.93. The number of hydrogen-bond donors (Lipinski definition) is 1. The lowest BCUT2D eigenvalue weighted by Gasteiger charge is -2.02. The van der Waals surface area contributed by atoms with Crippen molar-refractivity contribution in [3.63, 3.8) is 0 Å². The third-order valence-electron chi connectivity index (χ3n) is 3.19. The number of pyridine rings is 1. The van der Waals surface area contributed by atoms with Gasteiger partial charge in [0.05, 0.1) is 12.0 Å². The van der Waals surface area contributed by atoms with Gasteiger partial charge in [0.15, 0.2) is 0 Å². The van der Waals surface area contributed by atoms with E-state index in [0.717, 1.165) is 5.56 Å². The summed E-state index contributed by atoms with van der Waals surface area (Å²) in [5.74, 6) is -0.484. The van der Waals surface area contributed by atoms with Gasteiger partial charge in [-0.15, -0.1) is 0 Å². The van der Waals surface area contributed by atoms with Gasteiger partial charge in [0.2, 0.25) is 5.91 Å². The number of aromatic nitrogens is 3. The summed E-state index contributed by atoms with van der Waals surface area (Å²) in [7, 11) is 0. The first-order valence-corrected chi connectivity index (χ1v) is 7.02. The Morgan fingerprint density at radius 3 is 2.82 bits per heavy atom. The quantitative estimate of drug-likeness (QED) is 0.805. The number of halogens is 1. The second-order valence-corrected chi connectivity index (χ2v) is 5.29. The van der Waals surface area contributed by atoms with Crippen LogP contribution in [0, 0.1) is 0 Å². The molecule has 0 radical (unpaired) electrons. The van der Waals surface area contributed by atoms with Crippen molar-refractivity contribution in [2.45, 2.75) is 6.54 Å². The van der Waals surface area contributed by atoms with Crippen molar-refractivity contribution in [1.82, 2.24) is 14.5 Å². The molecular formula is C16H13ClN4O. The van der Waals surface area contributed by atoms with Crippen molar-refractivity contribution < 1.29 is 4.79 Å². The first-order chi connectivity index (χ1) is 10.6. The van der Waals surface area contributed by atoms with Gasteiger partial charge in [-0.05, 0) is 29.8 Å². The maximum absolute atomic E-state index is 11.2. The van der Waals surface area contributed by atoms with E-state index in [2.05, 4.69) is 9.97 Å². The molecule has 2 aromatic heterocycles. The molecule has 0 atom stereocenters. The predicted octanol–water partition coefficient (Wildman–Crippen LogP) is 2.75. The topological polar surface area (TPSA) is 73.8 Å². The number of nitrogens with zero attached hydrogens (tertiary/aromatic N) is 3. The van der Waals surface area contributed by atoms with Crippen molar-refractivity contribution in [2.75, 3.05) is 0 Å². The van der Waals surface area contributed by atoms with E-state index in [-0.39, 0.29) is 0 Å². The highest BCUT2D eigenvalue weighted by atomic mass is 35.5. The molecule has 3 aromatic rings. The molecule has 0 unspecified atom stereocenters. The molecule has 0 bridgehead atoms. The number of amides is 1. The average molecular weight is 313 g/mol. The molecule has 22 heavy (non-hydrogen) atoms. The molecule has 0 saturated heterocycles. The zero-order valence-corrected chi connectivity index (χ0v) is 12.4. The van der Waals surface area contributed by atoms with Crippen molar-refractivity contribution in [2.24, 2.45) is 5.73 Å². The van der Waals surface area contributed by atoms with Gasteiger partial charge in [-0.25, -0.2) is 4.98 Å². The van der Waals surface area contributed by atoms with Gasteiger partial charge in [-0.2, -0.15) is 0 Å². The first kappa shape index (κ1) is 14.3. The predicted molar refractivity (Wildman–Crippen MR) is 84.5 cm³/mol. The smallest absolute Gasteiger partial charge is 0.248 e. The SMILES string of the molecule is NC(=O)c1ccnc(-c2cn(Cc3cccc(Cl)c3)cn2)c1. The highest BCUT2D eigenvalue weighted by Gasteiger charge is 2.07. The number of carbonyl (C=O) groups excluding carboxylic acids is 1. The van der Waals surface area contributed by atoms with E-state index in [9.17, 15) is 4.79 Å². The van der Waals surface area contributed by atoms with Gasteiger partial charge >= 0.3 is 0 Å². The van der Waals surface area contributed by atoms with Crippen LogP contribution in [-0.4, -0.2) is 20.4 Å². The van der Waals surface area contributed by atoms with Crippen LogP contribution in [0.15, 0.2) is 55.1 Å². The van der Waals surface area contributed by atoms with E-state index < -0.39 is 5.91 Å². The van der Waals surface area contributed by atoms with Crippen LogP contribution in [0.1, 0.15) is 15.9 Å². The summed E-state index contributed by atoms with van der Waals surface area (Å²) >= 11 is 5.98. The standard InChI is InChI=1S/C16H13ClN4O/c17-13-3-1-2-11(6-13)8-21-9-15(20-10-21)14-7-12(16(18)22)4-5-19-14/h1-7,9-10H,8H2,(H2,18,22). The second-order valence-electron chi connectivity index (χ2n) is 4.86. The Balaban J connectivity index is 1.84. The highest BCUT2D eigenvalue weighted by molar-refractivity contribution is 6.30. The molecular weight excluding hydrogens is 300 g/mol. The van der Waals surface area contributed by atoms with Crippen LogP contribution in [0.3, 0.4) is 0 Å². The Bertz CT molecular complexity index is 828. The molecule has 1 amide bonds. The van der Waals surface area contributed by atoms with Crippen LogP contribution in [-0.2, 0) is 6.54 Å².